The van der Waals surface area contributed by atoms with Crippen LogP contribution in [-0.4, -0.2) is 26.6 Å². The molecule has 27 heavy (non-hydrogen) atoms. The number of H-pyrrole nitrogens is 1. The Hall–Kier alpha value is -2.35. The Bertz CT molecular complexity index is 1050. The van der Waals surface area contributed by atoms with Crippen LogP contribution in [0.5, 0.6) is 0 Å². The van der Waals surface area contributed by atoms with E-state index in [1.165, 1.54) is 11.8 Å². The number of halogens is 1. The second-order valence-electron chi connectivity index (χ2n) is 5.78. The molecule has 0 saturated carbocycles. The number of nitrogens with one attached hydrogen (secondary N) is 2. The number of hydrogen-bond donors (Lipinski definition) is 2. The number of pyridine rings is 1. The Labute approximate surface area is 169 Å². The molecule has 3 heterocycles. The maximum atomic E-state index is 12.6. The first-order valence-electron chi connectivity index (χ1n) is 8.21. The van der Waals surface area contributed by atoms with Crippen molar-refractivity contribution in [1.29, 1.82) is 0 Å². The minimum atomic E-state index is -0.157. The smallest absolute Gasteiger partial charge is 0.231 e. The van der Waals surface area contributed by atoms with Crippen molar-refractivity contribution in [3.05, 3.63) is 75.6 Å². The van der Waals surface area contributed by atoms with Crippen molar-refractivity contribution in [3.63, 3.8) is 0 Å². The van der Waals surface area contributed by atoms with Crippen LogP contribution in [0, 0.1) is 0 Å². The molecule has 0 aliphatic rings. The number of fused-ring (bicyclic) bond motifs is 1. The van der Waals surface area contributed by atoms with Gasteiger partial charge in [0, 0.05) is 11.1 Å². The SMILES string of the molecule is O=C(CSc1nc2ncc(Cl)cc2[nH]1)N[C@@H](c1ccccc1)c1cccs1. The van der Waals surface area contributed by atoms with Crippen molar-refractivity contribution in [2.75, 3.05) is 5.75 Å². The molecule has 0 spiro atoms. The molecule has 3 aromatic heterocycles. The summed E-state index contributed by atoms with van der Waals surface area (Å²) in [5.41, 5.74) is 2.40. The Morgan fingerprint density at radius 1 is 1.26 bits per heavy atom. The van der Waals surface area contributed by atoms with E-state index < -0.39 is 0 Å². The van der Waals surface area contributed by atoms with Crippen LogP contribution in [-0.2, 0) is 4.79 Å². The van der Waals surface area contributed by atoms with E-state index in [1.54, 1.807) is 23.6 Å². The molecule has 0 bridgehead atoms. The predicted octanol–water partition coefficient (Wildman–Crippen LogP) is 4.67. The number of thioether (sulfide) groups is 1. The third-order valence-electron chi connectivity index (χ3n) is 3.89. The molecule has 0 radical (unpaired) electrons. The lowest BCUT2D eigenvalue weighted by Gasteiger charge is -2.17. The summed E-state index contributed by atoms with van der Waals surface area (Å²) in [4.78, 5) is 25.3. The lowest BCUT2D eigenvalue weighted by atomic mass is 10.1. The zero-order valence-electron chi connectivity index (χ0n) is 14.1. The van der Waals surface area contributed by atoms with Gasteiger partial charge in [-0.1, -0.05) is 59.8 Å². The molecule has 4 aromatic rings. The van der Waals surface area contributed by atoms with Gasteiger partial charge in [0.15, 0.2) is 10.8 Å². The van der Waals surface area contributed by atoms with Crippen LogP contribution in [0.3, 0.4) is 0 Å². The molecule has 1 aromatic carbocycles. The van der Waals surface area contributed by atoms with Crippen molar-refractivity contribution < 1.29 is 4.79 Å². The Morgan fingerprint density at radius 3 is 2.89 bits per heavy atom. The first-order chi connectivity index (χ1) is 13.2. The summed E-state index contributed by atoms with van der Waals surface area (Å²) in [5, 5.41) is 6.32. The molecule has 8 heteroatoms. The number of hydrogen-bond acceptors (Lipinski definition) is 5. The number of carbonyl (C=O) groups is 1. The summed E-state index contributed by atoms with van der Waals surface area (Å²) in [6.45, 7) is 0. The molecular weight excluding hydrogens is 400 g/mol. The molecule has 1 atom stereocenters. The first kappa shape index (κ1) is 18.0. The third-order valence-corrected chi connectivity index (χ3v) is 5.91. The van der Waals surface area contributed by atoms with Crippen LogP contribution in [0.25, 0.3) is 11.2 Å². The second-order valence-corrected chi connectivity index (χ2v) is 8.16. The fourth-order valence-corrected chi connectivity index (χ4v) is 4.32. The van der Waals surface area contributed by atoms with Gasteiger partial charge >= 0.3 is 0 Å². The van der Waals surface area contributed by atoms with Crippen LogP contribution in [0.2, 0.25) is 5.02 Å². The summed E-state index contributed by atoms with van der Waals surface area (Å²) in [6, 6.07) is 15.6. The highest BCUT2D eigenvalue weighted by Crippen LogP contribution is 2.26. The van der Waals surface area contributed by atoms with Gasteiger partial charge in [-0.2, -0.15) is 0 Å². The monoisotopic (exact) mass is 414 g/mol. The van der Waals surface area contributed by atoms with Gasteiger partial charge in [0.1, 0.15) is 0 Å². The number of rotatable bonds is 6. The van der Waals surface area contributed by atoms with E-state index in [1.807, 2.05) is 47.8 Å². The van der Waals surface area contributed by atoms with Crippen molar-refractivity contribution in [3.8, 4) is 0 Å². The molecule has 0 aliphatic carbocycles. The van der Waals surface area contributed by atoms with Gasteiger partial charge in [0.2, 0.25) is 5.91 Å². The highest BCUT2D eigenvalue weighted by molar-refractivity contribution is 7.99. The van der Waals surface area contributed by atoms with Gasteiger partial charge in [-0.25, -0.2) is 9.97 Å². The minimum Gasteiger partial charge on any atom is -0.344 e. The molecule has 4 rings (SSSR count). The van der Waals surface area contributed by atoms with E-state index in [9.17, 15) is 4.79 Å². The largest absolute Gasteiger partial charge is 0.344 e. The van der Waals surface area contributed by atoms with Crippen molar-refractivity contribution in [2.24, 2.45) is 0 Å². The Balaban J connectivity index is 1.45. The molecule has 0 unspecified atom stereocenters. The normalized spacial score (nSPS) is 12.2. The van der Waals surface area contributed by atoms with Crippen LogP contribution in [0.15, 0.2) is 65.3 Å². The molecule has 1 amide bonds. The van der Waals surface area contributed by atoms with Crippen LogP contribution in [0.1, 0.15) is 16.5 Å². The van der Waals surface area contributed by atoms with Crippen LogP contribution >= 0.6 is 34.7 Å². The van der Waals surface area contributed by atoms with Gasteiger partial charge < -0.3 is 10.3 Å². The standard InChI is InChI=1S/C19H15ClN4OS2/c20-13-9-14-18(21-10-13)24-19(22-14)27-11-16(25)23-17(15-7-4-8-26-15)12-5-2-1-3-6-12/h1-10,17H,11H2,(H,23,25)(H,21,22,24)/t17-/m0/s1. The number of imidazole rings is 1. The summed E-state index contributed by atoms with van der Waals surface area (Å²) in [6.07, 6.45) is 1.55. The summed E-state index contributed by atoms with van der Waals surface area (Å²) in [7, 11) is 0. The molecule has 0 fully saturated rings. The molecule has 5 nitrogen and oxygen atoms in total. The highest BCUT2D eigenvalue weighted by Gasteiger charge is 2.18. The fourth-order valence-electron chi connectivity index (χ4n) is 2.68. The average Bonchev–Trinajstić information content (AvgIpc) is 3.34. The number of nitrogens with zero attached hydrogens (tertiary/aromatic N) is 2. The molecule has 2 N–H and O–H groups in total. The van der Waals surface area contributed by atoms with Crippen LogP contribution < -0.4 is 5.32 Å². The number of aromatic amines is 1. The van der Waals surface area contributed by atoms with Gasteiger partial charge in [-0.15, -0.1) is 11.3 Å². The van der Waals surface area contributed by atoms with Gasteiger partial charge in [0.25, 0.3) is 0 Å². The Morgan fingerprint density at radius 2 is 2.11 bits per heavy atom. The van der Waals surface area contributed by atoms with E-state index in [0.29, 0.717) is 15.8 Å². The topological polar surface area (TPSA) is 70.7 Å². The summed E-state index contributed by atoms with van der Waals surface area (Å²) in [5.74, 6) is 0.191. The van der Waals surface area contributed by atoms with Crippen molar-refractivity contribution in [2.45, 2.75) is 11.2 Å². The van der Waals surface area contributed by atoms with Gasteiger partial charge in [-0.05, 0) is 23.1 Å². The van der Waals surface area contributed by atoms with Crippen molar-refractivity contribution >= 4 is 51.8 Å². The molecule has 136 valence electrons. The average molecular weight is 415 g/mol. The number of aromatic nitrogens is 3. The summed E-state index contributed by atoms with van der Waals surface area (Å²) >= 11 is 8.90. The quantitative estimate of drug-likeness (QED) is 0.450. The number of amides is 1. The molecule has 0 saturated heterocycles. The maximum Gasteiger partial charge on any atom is 0.231 e. The van der Waals surface area contributed by atoms with Gasteiger partial charge in [-0.3, -0.25) is 4.79 Å². The lowest BCUT2D eigenvalue weighted by molar-refractivity contribution is -0.119. The van der Waals surface area contributed by atoms with Gasteiger partial charge in [0.05, 0.1) is 22.3 Å². The zero-order valence-corrected chi connectivity index (χ0v) is 16.4. The number of thiophene rings is 1. The number of carbonyl (C=O) groups excluding carboxylic acids is 1. The van der Waals surface area contributed by atoms with Crippen LogP contribution in [0.4, 0.5) is 0 Å². The van der Waals surface area contributed by atoms with E-state index in [2.05, 4.69) is 20.3 Å². The third kappa shape index (κ3) is 4.32. The lowest BCUT2D eigenvalue weighted by Crippen LogP contribution is -2.30. The zero-order chi connectivity index (χ0) is 18.6. The van der Waals surface area contributed by atoms with Crippen molar-refractivity contribution in [1.82, 2.24) is 20.3 Å². The maximum absolute atomic E-state index is 12.6. The summed E-state index contributed by atoms with van der Waals surface area (Å²) < 4.78 is 0. The van der Waals surface area contributed by atoms with E-state index in [4.69, 9.17) is 11.6 Å². The van der Waals surface area contributed by atoms with E-state index in [0.717, 1.165) is 16.0 Å². The van der Waals surface area contributed by atoms with E-state index in [-0.39, 0.29) is 17.7 Å². The molecule has 0 aliphatic heterocycles. The Kier molecular flexibility index (Phi) is 5.42. The highest BCUT2D eigenvalue weighted by atomic mass is 35.5. The molecular formula is C19H15ClN4OS2. The number of benzene rings is 1. The minimum absolute atomic E-state index is 0.0614. The fraction of sp³-hybridized carbons (Fsp3) is 0.105. The predicted molar refractivity (Wildman–Crippen MR) is 110 cm³/mol. The first-order valence-corrected chi connectivity index (χ1v) is 10.4. The van der Waals surface area contributed by atoms with E-state index >= 15 is 0 Å². The second kappa shape index (κ2) is 8.12.